The van der Waals surface area contributed by atoms with Gasteiger partial charge in [-0.2, -0.15) is 0 Å². The molecule has 1 saturated heterocycles. The number of amides is 1. The second kappa shape index (κ2) is 6.57. The molecule has 2 atom stereocenters. The number of rotatable bonds is 2. The van der Waals surface area contributed by atoms with E-state index in [0.717, 1.165) is 11.3 Å². The Bertz CT molecular complexity index is 506. The molecule has 1 aliphatic rings. The Labute approximate surface area is 131 Å². The van der Waals surface area contributed by atoms with Gasteiger partial charge in [-0.15, -0.1) is 0 Å². The monoisotopic (exact) mass is 307 g/mol. The fourth-order valence-corrected chi connectivity index (χ4v) is 2.66. The number of nitrogens with zero attached hydrogens (tertiary/aromatic N) is 1. The van der Waals surface area contributed by atoms with Crippen molar-refractivity contribution < 1.29 is 19.4 Å². The van der Waals surface area contributed by atoms with Gasteiger partial charge in [-0.25, -0.2) is 4.79 Å². The highest BCUT2D eigenvalue weighted by molar-refractivity contribution is 5.68. The summed E-state index contributed by atoms with van der Waals surface area (Å²) in [6, 6.07) is 7.72. The Kier molecular flexibility index (Phi) is 4.96. The second-order valence-electron chi connectivity index (χ2n) is 6.66. The topological polar surface area (TPSA) is 59.0 Å². The lowest BCUT2D eigenvalue weighted by Gasteiger charge is -2.36. The van der Waals surface area contributed by atoms with Crippen LogP contribution in [-0.4, -0.2) is 48.0 Å². The van der Waals surface area contributed by atoms with Crippen LogP contribution in [0.3, 0.4) is 0 Å². The van der Waals surface area contributed by atoms with E-state index >= 15 is 0 Å². The van der Waals surface area contributed by atoms with E-state index in [1.165, 1.54) is 0 Å². The third-order valence-corrected chi connectivity index (χ3v) is 3.78. The largest absolute Gasteiger partial charge is 0.497 e. The minimum atomic E-state index is -0.588. The van der Waals surface area contributed by atoms with E-state index in [1.54, 1.807) is 12.0 Å². The van der Waals surface area contributed by atoms with Crippen LogP contribution in [0.4, 0.5) is 4.79 Å². The van der Waals surface area contributed by atoms with Gasteiger partial charge in [0, 0.05) is 12.5 Å². The van der Waals surface area contributed by atoms with Gasteiger partial charge in [0.1, 0.15) is 11.4 Å². The van der Waals surface area contributed by atoms with Crippen molar-refractivity contribution in [1.82, 2.24) is 4.90 Å². The Morgan fingerprint density at radius 2 is 1.91 bits per heavy atom. The first-order chi connectivity index (χ1) is 10.3. The maximum atomic E-state index is 12.1. The number of piperidine rings is 1. The van der Waals surface area contributed by atoms with Crippen LogP contribution in [0, 0.1) is 0 Å². The van der Waals surface area contributed by atoms with Gasteiger partial charge in [0.05, 0.1) is 19.8 Å². The smallest absolute Gasteiger partial charge is 0.410 e. The van der Waals surface area contributed by atoms with Gasteiger partial charge < -0.3 is 19.5 Å². The summed E-state index contributed by atoms with van der Waals surface area (Å²) in [6.45, 7) is 6.40. The molecule has 2 unspecified atom stereocenters. The molecule has 5 heteroatoms. The van der Waals surface area contributed by atoms with Crippen LogP contribution < -0.4 is 4.74 Å². The first-order valence-corrected chi connectivity index (χ1v) is 7.60. The molecular weight excluding hydrogens is 282 g/mol. The molecule has 1 fully saturated rings. The molecule has 22 heavy (non-hydrogen) atoms. The summed E-state index contributed by atoms with van der Waals surface area (Å²) >= 11 is 0. The van der Waals surface area contributed by atoms with Crippen LogP contribution in [0.2, 0.25) is 0 Å². The number of ether oxygens (including phenoxy) is 2. The molecule has 5 nitrogen and oxygen atoms in total. The SMILES string of the molecule is COc1ccc(C2CCN(C(=O)OC(C)(C)C)CC2O)cc1. The van der Waals surface area contributed by atoms with Gasteiger partial charge in [-0.05, 0) is 44.9 Å². The summed E-state index contributed by atoms with van der Waals surface area (Å²) in [5.41, 5.74) is 0.548. The number of methoxy groups -OCH3 is 1. The summed E-state index contributed by atoms with van der Waals surface area (Å²) in [5, 5.41) is 10.4. The Hall–Kier alpha value is -1.75. The predicted molar refractivity (Wildman–Crippen MR) is 84.2 cm³/mol. The van der Waals surface area contributed by atoms with Crippen molar-refractivity contribution in [3.05, 3.63) is 29.8 Å². The minimum Gasteiger partial charge on any atom is -0.497 e. The number of aliphatic hydroxyl groups is 1. The lowest BCUT2D eigenvalue weighted by Crippen LogP contribution is -2.47. The number of β-amino-alcohol motifs (C(OH)–C–C–N with tert-alkyl or cyclic N) is 1. The predicted octanol–water partition coefficient (Wildman–Crippen LogP) is 2.78. The van der Waals surface area contributed by atoms with Crippen LogP contribution in [0.1, 0.15) is 38.7 Å². The zero-order chi connectivity index (χ0) is 16.3. The van der Waals surface area contributed by atoms with Crippen LogP contribution in [0.5, 0.6) is 5.75 Å². The highest BCUT2D eigenvalue weighted by atomic mass is 16.6. The first kappa shape index (κ1) is 16.6. The molecule has 122 valence electrons. The molecule has 1 heterocycles. The van der Waals surface area contributed by atoms with Crippen LogP contribution in [0.25, 0.3) is 0 Å². The maximum Gasteiger partial charge on any atom is 0.410 e. The van der Waals surface area contributed by atoms with Crippen LogP contribution >= 0.6 is 0 Å². The highest BCUT2D eigenvalue weighted by Gasteiger charge is 2.33. The van der Waals surface area contributed by atoms with Gasteiger partial charge in [0.15, 0.2) is 0 Å². The zero-order valence-corrected chi connectivity index (χ0v) is 13.7. The summed E-state index contributed by atoms with van der Waals surface area (Å²) < 4.78 is 10.5. The van der Waals surface area contributed by atoms with Crippen molar-refractivity contribution in [3.63, 3.8) is 0 Å². The fourth-order valence-electron chi connectivity index (χ4n) is 2.66. The number of hydrogen-bond acceptors (Lipinski definition) is 4. The number of aliphatic hydroxyl groups excluding tert-OH is 1. The molecule has 0 saturated carbocycles. The van der Waals surface area contributed by atoms with E-state index in [4.69, 9.17) is 9.47 Å². The van der Waals surface area contributed by atoms with Crippen molar-refractivity contribution in [2.24, 2.45) is 0 Å². The molecule has 0 aliphatic carbocycles. The molecule has 0 bridgehead atoms. The minimum absolute atomic E-state index is 0.0320. The maximum absolute atomic E-state index is 12.1. The molecule has 0 spiro atoms. The summed E-state index contributed by atoms with van der Waals surface area (Å²) in [4.78, 5) is 13.6. The van der Waals surface area contributed by atoms with Crippen molar-refractivity contribution in [3.8, 4) is 5.75 Å². The van der Waals surface area contributed by atoms with Crippen molar-refractivity contribution in [2.75, 3.05) is 20.2 Å². The molecule has 1 N–H and O–H groups in total. The number of hydrogen-bond donors (Lipinski definition) is 1. The van der Waals surface area contributed by atoms with Crippen LogP contribution in [0.15, 0.2) is 24.3 Å². The number of carbonyl (C=O) groups excluding carboxylic acids is 1. The van der Waals surface area contributed by atoms with E-state index in [2.05, 4.69) is 0 Å². The summed E-state index contributed by atoms with van der Waals surface area (Å²) in [6.07, 6.45) is -0.235. The quantitative estimate of drug-likeness (QED) is 0.913. The standard InChI is InChI=1S/C17H25NO4/c1-17(2,3)22-16(20)18-10-9-14(15(19)11-18)12-5-7-13(21-4)8-6-12/h5-8,14-15,19H,9-11H2,1-4H3. The molecule has 2 rings (SSSR count). The Morgan fingerprint density at radius 1 is 1.27 bits per heavy atom. The Balaban J connectivity index is 1.98. The summed E-state index contributed by atoms with van der Waals surface area (Å²) in [7, 11) is 1.63. The van der Waals surface area contributed by atoms with E-state index in [9.17, 15) is 9.90 Å². The van der Waals surface area contributed by atoms with Gasteiger partial charge >= 0.3 is 6.09 Å². The normalized spacial score (nSPS) is 22.3. The number of carbonyl (C=O) groups is 1. The second-order valence-corrected chi connectivity index (χ2v) is 6.66. The first-order valence-electron chi connectivity index (χ1n) is 7.60. The number of likely N-dealkylation sites (tertiary alicyclic amines) is 1. The lowest BCUT2D eigenvalue weighted by molar-refractivity contribution is -0.00152. The number of benzene rings is 1. The highest BCUT2D eigenvalue weighted by Crippen LogP contribution is 2.30. The molecule has 1 amide bonds. The van der Waals surface area contributed by atoms with Gasteiger partial charge in [0.2, 0.25) is 0 Å². The van der Waals surface area contributed by atoms with Crippen molar-refractivity contribution >= 4 is 6.09 Å². The van der Waals surface area contributed by atoms with Gasteiger partial charge in [-0.3, -0.25) is 0 Å². The van der Waals surface area contributed by atoms with Gasteiger partial charge in [0.25, 0.3) is 0 Å². The molecule has 0 radical (unpaired) electrons. The molecular formula is C17H25NO4. The van der Waals surface area contributed by atoms with E-state index in [0.29, 0.717) is 19.5 Å². The Morgan fingerprint density at radius 3 is 2.41 bits per heavy atom. The van der Waals surface area contributed by atoms with E-state index in [1.807, 2.05) is 45.0 Å². The van der Waals surface area contributed by atoms with Gasteiger partial charge in [-0.1, -0.05) is 12.1 Å². The third-order valence-electron chi connectivity index (χ3n) is 3.78. The molecule has 0 aromatic heterocycles. The van der Waals surface area contributed by atoms with E-state index in [-0.39, 0.29) is 12.0 Å². The molecule has 1 aromatic rings. The van der Waals surface area contributed by atoms with Crippen LogP contribution in [-0.2, 0) is 4.74 Å². The lowest BCUT2D eigenvalue weighted by atomic mass is 9.87. The molecule has 1 aromatic carbocycles. The third kappa shape index (κ3) is 4.13. The molecule has 1 aliphatic heterocycles. The summed E-state index contributed by atoms with van der Waals surface area (Å²) in [5.74, 6) is 0.828. The van der Waals surface area contributed by atoms with Crippen molar-refractivity contribution in [1.29, 1.82) is 0 Å². The average molecular weight is 307 g/mol. The van der Waals surface area contributed by atoms with Crippen molar-refractivity contribution in [2.45, 2.75) is 44.8 Å². The zero-order valence-electron chi connectivity index (χ0n) is 13.7. The fraction of sp³-hybridized carbons (Fsp3) is 0.588. The van der Waals surface area contributed by atoms with E-state index < -0.39 is 11.7 Å². The average Bonchev–Trinajstić information content (AvgIpc) is 2.45.